The Morgan fingerprint density at radius 1 is 1.50 bits per heavy atom. The Labute approximate surface area is 106 Å². The molecule has 0 spiro atoms. The molecule has 2 atom stereocenters. The number of para-hydroxylation sites is 1. The molecule has 4 nitrogen and oxygen atoms in total. The normalized spacial score (nSPS) is 19.3. The average Bonchev–Trinajstić information content (AvgIpc) is 2.96. The zero-order valence-electron chi connectivity index (χ0n) is 10.4. The van der Waals surface area contributed by atoms with Crippen molar-refractivity contribution in [2.75, 3.05) is 6.61 Å². The fourth-order valence-electron chi connectivity index (χ4n) is 2.49. The predicted molar refractivity (Wildman–Crippen MR) is 69.6 cm³/mol. The predicted octanol–water partition coefficient (Wildman–Crippen LogP) is 1.47. The monoisotopic (exact) mass is 243 g/mol. The first kappa shape index (κ1) is 11.3. The maximum Gasteiger partial charge on any atom is 0.122 e. The maximum atomic E-state index is 6.32. The minimum Gasteiger partial charge on any atom is -0.493 e. The van der Waals surface area contributed by atoms with Crippen LogP contribution in [0.4, 0.5) is 0 Å². The van der Waals surface area contributed by atoms with Crippen LogP contribution in [0.25, 0.3) is 0 Å². The summed E-state index contributed by atoms with van der Waals surface area (Å²) in [5.74, 6) is 2.25. The summed E-state index contributed by atoms with van der Waals surface area (Å²) in [4.78, 5) is 4.33. The van der Waals surface area contributed by atoms with E-state index in [0.29, 0.717) is 6.61 Å². The Hall–Kier alpha value is -1.81. The van der Waals surface area contributed by atoms with Gasteiger partial charge in [0.25, 0.3) is 0 Å². The highest BCUT2D eigenvalue weighted by Gasteiger charge is 2.29. The molecule has 0 saturated carbocycles. The minimum atomic E-state index is 0.0368. The van der Waals surface area contributed by atoms with Crippen molar-refractivity contribution in [2.45, 2.75) is 18.4 Å². The number of benzene rings is 1. The Bertz CT molecular complexity index is 549. The van der Waals surface area contributed by atoms with Crippen molar-refractivity contribution in [3.05, 3.63) is 48.0 Å². The number of aromatic nitrogens is 2. The van der Waals surface area contributed by atoms with Gasteiger partial charge in [-0.2, -0.15) is 0 Å². The summed E-state index contributed by atoms with van der Waals surface area (Å²) in [5, 5.41) is 0. The van der Waals surface area contributed by atoms with Gasteiger partial charge in [0.2, 0.25) is 0 Å². The van der Waals surface area contributed by atoms with E-state index >= 15 is 0 Å². The molecule has 2 N–H and O–H groups in total. The molecule has 2 aromatic rings. The molecule has 0 saturated heterocycles. The van der Waals surface area contributed by atoms with Gasteiger partial charge in [0.05, 0.1) is 6.61 Å². The van der Waals surface area contributed by atoms with Gasteiger partial charge in [-0.05, 0) is 6.07 Å². The number of hydrogen-bond donors (Lipinski definition) is 1. The minimum absolute atomic E-state index is 0.0368. The van der Waals surface area contributed by atoms with E-state index in [1.54, 1.807) is 6.20 Å². The van der Waals surface area contributed by atoms with Crippen molar-refractivity contribution in [3.63, 3.8) is 0 Å². The topological polar surface area (TPSA) is 53.1 Å². The lowest BCUT2D eigenvalue weighted by atomic mass is 9.92. The Morgan fingerprint density at radius 3 is 3.11 bits per heavy atom. The van der Waals surface area contributed by atoms with Crippen LogP contribution in [0.15, 0.2) is 36.7 Å². The summed E-state index contributed by atoms with van der Waals surface area (Å²) < 4.78 is 7.69. The van der Waals surface area contributed by atoms with Crippen molar-refractivity contribution in [3.8, 4) is 5.75 Å². The van der Waals surface area contributed by atoms with Crippen LogP contribution in [0, 0.1) is 0 Å². The summed E-state index contributed by atoms with van der Waals surface area (Å²) in [6.45, 7) is 0.672. The highest BCUT2D eigenvalue weighted by Crippen LogP contribution is 2.35. The van der Waals surface area contributed by atoms with E-state index in [4.69, 9.17) is 10.5 Å². The highest BCUT2D eigenvalue weighted by molar-refractivity contribution is 5.40. The molecule has 4 heteroatoms. The van der Waals surface area contributed by atoms with Crippen LogP contribution in [-0.2, 0) is 13.5 Å². The standard InChI is InChI=1S/C14H17N3O/c1-17-7-6-16-14(17)8-12(15)11-9-18-13-5-3-2-4-10(11)13/h2-7,11-12H,8-9,15H2,1H3. The number of nitrogens with zero attached hydrogens (tertiary/aromatic N) is 2. The molecule has 0 amide bonds. The second-order valence-electron chi connectivity index (χ2n) is 4.78. The Balaban J connectivity index is 1.79. The van der Waals surface area contributed by atoms with E-state index in [1.165, 1.54) is 5.56 Å². The van der Waals surface area contributed by atoms with Gasteiger partial charge in [-0.25, -0.2) is 4.98 Å². The van der Waals surface area contributed by atoms with E-state index in [2.05, 4.69) is 11.1 Å². The van der Waals surface area contributed by atoms with Gasteiger partial charge in [-0.3, -0.25) is 0 Å². The smallest absolute Gasteiger partial charge is 0.122 e. The molecule has 18 heavy (non-hydrogen) atoms. The molecular formula is C14H17N3O. The quantitative estimate of drug-likeness (QED) is 0.888. The summed E-state index contributed by atoms with van der Waals surface area (Å²) in [6, 6.07) is 8.17. The van der Waals surface area contributed by atoms with Crippen molar-refractivity contribution in [2.24, 2.45) is 12.8 Å². The molecule has 94 valence electrons. The molecule has 0 bridgehead atoms. The average molecular weight is 243 g/mol. The van der Waals surface area contributed by atoms with Crippen molar-refractivity contribution in [1.82, 2.24) is 9.55 Å². The van der Waals surface area contributed by atoms with Gasteiger partial charge < -0.3 is 15.0 Å². The van der Waals surface area contributed by atoms with E-state index in [-0.39, 0.29) is 12.0 Å². The van der Waals surface area contributed by atoms with Crippen LogP contribution in [0.2, 0.25) is 0 Å². The number of nitrogens with two attached hydrogens (primary N) is 1. The van der Waals surface area contributed by atoms with Crippen LogP contribution in [0.5, 0.6) is 5.75 Å². The SMILES string of the molecule is Cn1ccnc1CC(N)C1COc2ccccc21. The molecule has 1 aliphatic rings. The molecule has 1 aliphatic heterocycles. The second kappa shape index (κ2) is 4.46. The van der Waals surface area contributed by atoms with Crippen LogP contribution < -0.4 is 10.5 Å². The van der Waals surface area contributed by atoms with Crippen LogP contribution in [0.1, 0.15) is 17.3 Å². The van der Waals surface area contributed by atoms with E-state index in [9.17, 15) is 0 Å². The zero-order valence-corrected chi connectivity index (χ0v) is 10.4. The van der Waals surface area contributed by atoms with E-state index < -0.39 is 0 Å². The fraction of sp³-hybridized carbons (Fsp3) is 0.357. The lowest BCUT2D eigenvalue weighted by Gasteiger charge is -2.17. The molecule has 3 rings (SSSR count). The first-order chi connectivity index (χ1) is 8.75. The molecule has 2 heterocycles. The van der Waals surface area contributed by atoms with Gasteiger partial charge in [0.1, 0.15) is 11.6 Å². The Kier molecular flexibility index (Phi) is 2.80. The van der Waals surface area contributed by atoms with E-state index in [1.807, 2.05) is 36.0 Å². The third kappa shape index (κ3) is 1.88. The maximum absolute atomic E-state index is 6.32. The highest BCUT2D eigenvalue weighted by atomic mass is 16.5. The summed E-state index contributed by atoms with van der Waals surface area (Å²) >= 11 is 0. The lowest BCUT2D eigenvalue weighted by Crippen LogP contribution is -2.32. The third-order valence-electron chi connectivity index (χ3n) is 3.59. The zero-order chi connectivity index (χ0) is 12.5. The lowest BCUT2D eigenvalue weighted by molar-refractivity contribution is 0.312. The van der Waals surface area contributed by atoms with Crippen molar-refractivity contribution >= 4 is 0 Å². The molecule has 2 unspecified atom stereocenters. The molecule has 0 aliphatic carbocycles. The largest absolute Gasteiger partial charge is 0.493 e. The van der Waals surface area contributed by atoms with Gasteiger partial charge in [0, 0.05) is 43.4 Å². The number of ether oxygens (including phenoxy) is 1. The van der Waals surface area contributed by atoms with Crippen molar-refractivity contribution < 1.29 is 4.74 Å². The van der Waals surface area contributed by atoms with Crippen LogP contribution >= 0.6 is 0 Å². The second-order valence-corrected chi connectivity index (χ2v) is 4.78. The molecular weight excluding hydrogens is 226 g/mol. The molecule has 1 aromatic carbocycles. The van der Waals surface area contributed by atoms with Crippen LogP contribution in [0.3, 0.4) is 0 Å². The number of fused-ring (bicyclic) bond motifs is 1. The van der Waals surface area contributed by atoms with E-state index in [0.717, 1.165) is 18.0 Å². The molecule has 1 aromatic heterocycles. The first-order valence-corrected chi connectivity index (χ1v) is 6.19. The van der Waals surface area contributed by atoms with Gasteiger partial charge >= 0.3 is 0 Å². The third-order valence-corrected chi connectivity index (χ3v) is 3.59. The van der Waals surface area contributed by atoms with Crippen molar-refractivity contribution in [1.29, 1.82) is 0 Å². The van der Waals surface area contributed by atoms with Gasteiger partial charge in [-0.1, -0.05) is 18.2 Å². The fourth-order valence-corrected chi connectivity index (χ4v) is 2.49. The summed E-state index contributed by atoms with van der Waals surface area (Å²) in [6.07, 6.45) is 4.52. The molecule has 0 fully saturated rings. The number of imidazole rings is 1. The van der Waals surface area contributed by atoms with Gasteiger partial charge in [-0.15, -0.1) is 0 Å². The number of aryl methyl sites for hydroxylation is 1. The van der Waals surface area contributed by atoms with Crippen LogP contribution in [-0.4, -0.2) is 22.2 Å². The number of hydrogen-bond acceptors (Lipinski definition) is 3. The van der Waals surface area contributed by atoms with Gasteiger partial charge in [0.15, 0.2) is 0 Å². The summed E-state index contributed by atoms with van der Waals surface area (Å²) in [7, 11) is 1.99. The Morgan fingerprint density at radius 2 is 2.33 bits per heavy atom. The summed E-state index contributed by atoms with van der Waals surface area (Å²) in [5.41, 5.74) is 7.54. The molecule has 0 radical (unpaired) electrons. The number of rotatable bonds is 3. The first-order valence-electron chi connectivity index (χ1n) is 6.19.